The van der Waals surface area contributed by atoms with Gasteiger partial charge in [0.15, 0.2) is 5.82 Å². The molecule has 4 aromatic rings. The predicted octanol–water partition coefficient (Wildman–Crippen LogP) is 3.67. The number of hydrogen-bond donors (Lipinski definition) is 2. The third-order valence-corrected chi connectivity index (χ3v) is 4.38. The summed E-state index contributed by atoms with van der Waals surface area (Å²) in [5.74, 6) is 2.18. The van der Waals surface area contributed by atoms with Gasteiger partial charge in [0, 0.05) is 16.5 Å². The lowest BCUT2D eigenvalue weighted by Crippen LogP contribution is -2.01. The normalized spacial score (nSPS) is 11.1. The fourth-order valence-corrected chi connectivity index (χ4v) is 3.05. The minimum atomic E-state index is -0.000108. The Bertz CT molecular complexity index is 1090. The van der Waals surface area contributed by atoms with Gasteiger partial charge in [0.05, 0.1) is 17.8 Å². The van der Waals surface area contributed by atoms with E-state index in [0.717, 1.165) is 44.9 Å². The zero-order valence-corrected chi connectivity index (χ0v) is 15.2. The van der Waals surface area contributed by atoms with E-state index in [4.69, 9.17) is 14.8 Å². The number of fused-ring (bicyclic) bond motifs is 1. The molecule has 0 aliphatic rings. The largest absolute Gasteiger partial charge is 0.491 e. The van der Waals surface area contributed by atoms with E-state index in [1.165, 1.54) is 0 Å². The van der Waals surface area contributed by atoms with Crippen molar-refractivity contribution < 1.29 is 9.84 Å². The van der Waals surface area contributed by atoms with Gasteiger partial charge in [0.25, 0.3) is 0 Å². The van der Waals surface area contributed by atoms with E-state index in [0.29, 0.717) is 5.82 Å². The van der Waals surface area contributed by atoms with Crippen LogP contribution in [0.3, 0.4) is 0 Å². The number of pyridine rings is 1. The lowest BCUT2D eigenvalue weighted by Gasteiger charge is -2.09. The Labute approximate surface area is 156 Å². The van der Waals surface area contributed by atoms with Gasteiger partial charge in [-0.2, -0.15) is 5.10 Å². The van der Waals surface area contributed by atoms with E-state index < -0.39 is 0 Å². The van der Waals surface area contributed by atoms with E-state index in [2.05, 4.69) is 34.2 Å². The summed E-state index contributed by atoms with van der Waals surface area (Å²) in [6.45, 7) is 4.25. The SMILES string of the molecule is Cc1nc(-c2ccc3c(C)cc(-c4ccc(OCCO)cc4)nc3c2)n[nH]1. The lowest BCUT2D eigenvalue weighted by atomic mass is 10.0. The van der Waals surface area contributed by atoms with E-state index in [1.54, 1.807) is 0 Å². The fourth-order valence-electron chi connectivity index (χ4n) is 3.05. The Morgan fingerprint density at radius 3 is 2.44 bits per heavy atom. The number of hydrogen-bond acceptors (Lipinski definition) is 5. The standard InChI is InChI=1S/C21H20N4O2/c1-13-11-19(15-3-6-17(7-4-15)27-10-9-26)23-20-12-16(5-8-18(13)20)21-22-14(2)24-25-21/h3-8,11-12,26H,9-10H2,1-2H3,(H,22,24,25). The average molecular weight is 360 g/mol. The topological polar surface area (TPSA) is 83.9 Å². The number of H-pyrrole nitrogens is 1. The lowest BCUT2D eigenvalue weighted by molar-refractivity contribution is 0.201. The highest BCUT2D eigenvalue weighted by molar-refractivity contribution is 5.88. The number of ether oxygens (including phenoxy) is 1. The number of aromatic amines is 1. The van der Waals surface area contributed by atoms with Crippen LogP contribution in [-0.2, 0) is 0 Å². The van der Waals surface area contributed by atoms with Gasteiger partial charge in [-0.1, -0.05) is 12.1 Å². The summed E-state index contributed by atoms with van der Waals surface area (Å²) in [5, 5.41) is 17.1. The molecule has 2 aromatic heterocycles. The summed E-state index contributed by atoms with van der Waals surface area (Å²) < 4.78 is 5.42. The van der Waals surface area contributed by atoms with Gasteiger partial charge in [-0.3, -0.25) is 5.10 Å². The summed E-state index contributed by atoms with van der Waals surface area (Å²) >= 11 is 0. The molecule has 2 aromatic carbocycles. The number of nitrogens with zero attached hydrogens (tertiary/aromatic N) is 3. The molecule has 0 amide bonds. The molecule has 0 aliphatic carbocycles. The van der Waals surface area contributed by atoms with Gasteiger partial charge in [-0.15, -0.1) is 0 Å². The molecule has 2 heterocycles. The highest BCUT2D eigenvalue weighted by Crippen LogP contribution is 2.28. The summed E-state index contributed by atoms with van der Waals surface area (Å²) in [6.07, 6.45) is 0. The Hall–Kier alpha value is -3.25. The van der Waals surface area contributed by atoms with Crippen molar-refractivity contribution in [2.75, 3.05) is 13.2 Å². The van der Waals surface area contributed by atoms with Crippen LogP contribution in [0.4, 0.5) is 0 Å². The highest BCUT2D eigenvalue weighted by Gasteiger charge is 2.09. The first kappa shape index (κ1) is 17.2. The molecule has 0 bridgehead atoms. The molecule has 0 aliphatic heterocycles. The van der Waals surface area contributed by atoms with Crippen LogP contribution in [0, 0.1) is 13.8 Å². The van der Waals surface area contributed by atoms with Gasteiger partial charge in [-0.25, -0.2) is 9.97 Å². The van der Waals surface area contributed by atoms with Crippen molar-refractivity contribution >= 4 is 10.9 Å². The molecule has 2 N–H and O–H groups in total. The van der Waals surface area contributed by atoms with Crippen molar-refractivity contribution in [2.45, 2.75) is 13.8 Å². The maximum Gasteiger partial charge on any atom is 0.181 e. The van der Waals surface area contributed by atoms with Gasteiger partial charge < -0.3 is 9.84 Å². The van der Waals surface area contributed by atoms with Gasteiger partial charge in [0.2, 0.25) is 0 Å². The van der Waals surface area contributed by atoms with Crippen LogP contribution in [0.1, 0.15) is 11.4 Å². The molecule has 0 saturated carbocycles. The van der Waals surface area contributed by atoms with Crippen LogP contribution in [0.2, 0.25) is 0 Å². The van der Waals surface area contributed by atoms with Crippen molar-refractivity contribution in [3.8, 4) is 28.4 Å². The monoisotopic (exact) mass is 360 g/mol. The summed E-state index contributed by atoms with van der Waals surface area (Å²) in [7, 11) is 0. The molecule has 136 valence electrons. The van der Waals surface area contributed by atoms with Crippen LogP contribution < -0.4 is 4.74 Å². The van der Waals surface area contributed by atoms with E-state index in [1.807, 2.05) is 43.3 Å². The van der Waals surface area contributed by atoms with Crippen LogP contribution in [0.5, 0.6) is 5.75 Å². The molecule has 27 heavy (non-hydrogen) atoms. The molecule has 6 heteroatoms. The van der Waals surface area contributed by atoms with Crippen LogP contribution in [-0.4, -0.2) is 38.5 Å². The summed E-state index contributed by atoms with van der Waals surface area (Å²) in [4.78, 5) is 9.24. The highest BCUT2D eigenvalue weighted by atomic mass is 16.5. The molecule has 0 fully saturated rings. The number of aryl methyl sites for hydroxylation is 2. The first-order chi connectivity index (χ1) is 13.1. The first-order valence-electron chi connectivity index (χ1n) is 8.79. The number of nitrogens with one attached hydrogen (secondary N) is 1. The molecule has 0 saturated heterocycles. The third kappa shape index (κ3) is 3.52. The maximum atomic E-state index is 8.85. The predicted molar refractivity (Wildman–Crippen MR) is 105 cm³/mol. The first-order valence-corrected chi connectivity index (χ1v) is 8.79. The van der Waals surface area contributed by atoms with Gasteiger partial charge >= 0.3 is 0 Å². The Morgan fingerprint density at radius 1 is 0.963 bits per heavy atom. The second-order valence-corrected chi connectivity index (χ2v) is 6.40. The van der Waals surface area contributed by atoms with Crippen LogP contribution >= 0.6 is 0 Å². The van der Waals surface area contributed by atoms with Gasteiger partial charge in [-0.05, 0) is 55.8 Å². The molecular formula is C21H20N4O2. The molecule has 0 unspecified atom stereocenters. The fraction of sp³-hybridized carbons (Fsp3) is 0.190. The van der Waals surface area contributed by atoms with E-state index in [9.17, 15) is 0 Å². The van der Waals surface area contributed by atoms with Crippen molar-refractivity contribution in [2.24, 2.45) is 0 Å². The summed E-state index contributed by atoms with van der Waals surface area (Å²) in [5.41, 5.74) is 4.91. The minimum Gasteiger partial charge on any atom is -0.491 e. The quantitative estimate of drug-likeness (QED) is 0.567. The third-order valence-electron chi connectivity index (χ3n) is 4.38. The second kappa shape index (κ2) is 7.17. The van der Waals surface area contributed by atoms with Crippen LogP contribution in [0.15, 0.2) is 48.5 Å². The average Bonchev–Trinajstić information content (AvgIpc) is 3.12. The smallest absolute Gasteiger partial charge is 0.181 e. The van der Waals surface area contributed by atoms with Crippen molar-refractivity contribution in [1.29, 1.82) is 0 Å². The maximum absolute atomic E-state index is 8.85. The number of aliphatic hydroxyl groups is 1. The molecular weight excluding hydrogens is 340 g/mol. The zero-order valence-electron chi connectivity index (χ0n) is 15.2. The molecule has 6 nitrogen and oxygen atoms in total. The van der Waals surface area contributed by atoms with Crippen molar-refractivity contribution in [3.63, 3.8) is 0 Å². The number of aromatic nitrogens is 4. The number of rotatable bonds is 5. The van der Waals surface area contributed by atoms with E-state index >= 15 is 0 Å². The Morgan fingerprint density at radius 2 is 1.74 bits per heavy atom. The van der Waals surface area contributed by atoms with Gasteiger partial charge in [0.1, 0.15) is 18.2 Å². The molecule has 0 atom stereocenters. The van der Waals surface area contributed by atoms with Crippen molar-refractivity contribution in [3.05, 3.63) is 59.9 Å². The Kier molecular flexibility index (Phi) is 4.56. The molecule has 0 spiro atoms. The Balaban J connectivity index is 1.73. The molecule has 0 radical (unpaired) electrons. The second-order valence-electron chi connectivity index (χ2n) is 6.40. The van der Waals surface area contributed by atoms with E-state index in [-0.39, 0.29) is 13.2 Å². The minimum absolute atomic E-state index is 0.000108. The number of benzene rings is 2. The zero-order chi connectivity index (χ0) is 18.8. The summed E-state index contributed by atoms with van der Waals surface area (Å²) in [6, 6.07) is 15.9. The number of aliphatic hydroxyl groups excluding tert-OH is 1. The van der Waals surface area contributed by atoms with Crippen LogP contribution in [0.25, 0.3) is 33.5 Å². The van der Waals surface area contributed by atoms with Crippen molar-refractivity contribution in [1.82, 2.24) is 20.2 Å². The molecule has 4 rings (SSSR count).